The molecule has 88 valence electrons. The molecule has 0 unspecified atom stereocenters. The number of hydrogen-bond donors (Lipinski definition) is 2. The Bertz CT molecular complexity index is 284. The van der Waals surface area contributed by atoms with Gasteiger partial charge < -0.3 is 9.79 Å². The maximum atomic E-state index is 10.3. The Morgan fingerprint density at radius 3 is 2.33 bits per heavy atom. The summed E-state index contributed by atoms with van der Waals surface area (Å²) in [5, 5.41) is 0. The zero-order valence-electron chi connectivity index (χ0n) is 9.43. The third-order valence-electron chi connectivity index (χ3n) is 1.77. The molecule has 0 spiro atoms. The highest BCUT2D eigenvalue weighted by Crippen LogP contribution is 2.35. The second kappa shape index (κ2) is 6.96. The predicted octanol–water partition coefficient (Wildman–Crippen LogP) is 2.79. The van der Waals surface area contributed by atoms with E-state index in [-0.39, 0.29) is 6.61 Å². The Hall–Kier alpha value is -0.410. The first-order chi connectivity index (χ1) is 6.81. The lowest BCUT2D eigenvalue weighted by Gasteiger charge is -2.03. The van der Waals surface area contributed by atoms with E-state index in [9.17, 15) is 4.57 Å². The molecule has 0 rings (SSSR count). The van der Waals surface area contributed by atoms with Gasteiger partial charge in [-0.05, 0) is 33.6 Å². The predicted molar refractivity (Wildman–Crippen MR) is 60.4 cm³/mol. The first kappa shape index (κ1) is 14.6. The first-order valence-electron chi connectivity index (χ1n) is 4.80. The third-order valence-corrected chi connectivity index (χ3v) is 2.25. The van der Waals surface area contributed by atoms with E-state index in [0.29, 0.717) is 0 Å². The summed E-state index contributed by atoms with van der Waals surface area (Å²) in [7, 11) is -4.32. The van der Waals surface area contributed by atoms with E-state index in [1.54, 1.807) is 6.08 Å². The molecular weight excluding hydrogens is 215 g/mol. The molecule has 4 nitrogen and oxygen atoms in total. The van der Waals surface area contributed by atoms with Crippen molar-refractivity contribution in [2.45, 2.75) is 33.6 Å². The number of hydrogen-bond acceptors (Lipinski definition) is 2. The molecule has 0 saturated heterocycles. The van der Waals surface area contributed by atoms with Gasteiger partial charge in [0.05, 0.1) is 6.61 Å². The monoisotopic (exact) mass is 234 g/mol. The van der Waals surface area contributed by atoms with Crippen LogP contribution >= 0.6 is 7.82 Å². The van der Waals surface area contributed by atoms with Crippen molar-refractivity contribution in [2.24, 2.45) is 0 Å². The summed E-state index contributed by atoms with van der Waals surface area (Å²) in [6, 6.07) is 0. The minimum absolute atomic E-state index is 0.0368. The van der Waals surface area contributed by atoms with E-state index in [1.807, 2.05) is 20.8 Å². The van der Waals surface area contributed by atoms with Crippen LogP contribution in [0.25, 0.3) is 0 Å². The number of rotatable bonds is 6. The van der Waals surface area contributed by atoms with Crippen molar-refractivity contribution in [1.29, 1.82) is 0 Å². The van der Waals surface area contributed by atoms with Crippen LogP contribution in [0.5, 0.6) is 0 Å². The molecule has 0 aliphatic carbocycles. The maximum Gasteiger partial charge on any atom is 0.469 e. The molecule has 0 aliphatic rings. The lowest BCUT2D eigenvalue weighted by atomic mass is 10.1. The van der Waals surface area contributed by atoms with E-state index in [1.165, 1.54) is 5.57 Å². The third kappa shape index (κ3) is 11.5. The zero-order chi connectivity index (χ0) is 11.9. The average molecular weight is 234 g/mol. The lowest BCUT2D eigenvalue weighted by Crippen LogP contribution is -1.89. The van der Waals surface area contributed by atoms with E-state index in [0.717, 1.165) is 18.4 Å². The Morgan fingerprint density at radius 2 is 1.87 bits per heavy atom. The zero-order valence-corrected chi connectivity index (χ0v) is 10.3. The van der Waals surface area contributed by atoms with Gasteiger partial charge in [-0.2, -0.15) is 0 Å². The Labute approximate surface area is 90.9 Å². The van der Waals surface area contributed by atoms with Crippen LogP contribution in [0.4, 0.5) is 0 Å². The lowest BCUT2D eigenvalue weighted by molar-refractivity contribution is 0.215. The molecule has 0 bridgehead atoms. The summed E-state index contributed by atoms with van der Waals surface area (Å²) < 4.78 is 14.7. The molecule has 5 heteroatoms. The van der Waals surface area contributed by atoms with Crippen LogP contribution in [-0.2, 0) is 9.09 Å². The van der Waals surface area contributed by atoms with Crippen molar-refractivity contribution < 1.29 is 18.9 Å². The topological polar surface area (TPSA) is 66.8 Å². The van der Waals surface area contributed by atoms with Gasteiger partial charge in [-0.3, -0.25) is 4.52 Å². The van der Waals surface area contributed by atoms with Crippen LogP contribution in [0, 0.1) is 0 Å². The van der Waals surface area contributed by atoms with Gasteiger partial charge in [0.1, 0.15) is 0 Å². The average Bonchev–Trinajstić information content (AvgIpc) is 2.00. The SMILES string of the molecule is CC(C)=CCCC(C)=CCOP(=O)(O)O. The summed E-state index contributed by atoms with van der Waals surface area (Å²) in [4.78, 5) is 16.9. The fraction of sp³-hybridized carbons (Fsp3) is 0.600. The highest BCUT2D eigenvalue weighted by Gasteiger charge is 2.11. The van der Waals surface area contributed by atoms with Crippen LogP contribution in [-0.4, -0.2) is 16.4 Å². The quantitative estimate of drug-likeness (QED) is 0.547. The Kier molecular flexibility index (Phi) is 6.77. The van der Waals surface area contributed by atoms with Gasteiger partial charge in [0, 0.05) is 0 Å². The van der Waals surface area contributed by atoms with Gasteiger partial charge in [-0.1, -0.05) is 23.3 Å². The van der Waals surface area contributed by atoms with Crippen LogP contribution in [0.15, 0.2) is 23.3 Å². The molecule has 0 saturated carbocycles. The molecular formula is C10H19O4P. The second-order valence-electron chi connectivity index (χ2n) is 3.66. The molecule has 0 aliphatic heterocycles. The minimum atomic E-state index is -4.32. The fourth-order valence-electron chi connectivity index (χ4n) is 0.967. The molecule has 0 aromatic rings. The highest BCUT2D eigenvalue weighted by atomic mass is 31.2. The van der Waals surface area contributed by atoms with Gasteiger partial charge in [0.15, 0.2) is 0 Å². The summed E-state index contributed by atoms with van der Waals surface area (Å²) in [6.07, 6.45) is 5.65. The Morgan fingerprint density at radius 1 is 1.27 bits per heavy atom. The minimum Gasteiger partial charge on any atom is -0.303 e. The molecule has 0 fully saturated rings. The van der Waals surface area contributed by atoms with Crippen molar-refractivity contribution in [3.63, 3.8) is 0 Å². The van der Waals surface area contributed by atoms with Crippen molar-refractivity contribution in [1.82, 2.24) is 0 Å². The molecule has 0 atom stereocenters. The van der Waals surface area contributed by atoms with Crippen molar-refractivity contribution in [3.05, 3.63) is 23.3 Å². The fourth-order valence-corrected chi connectivity index (χ4v) is 1.24. The van der Waals surface area contributed by atoms with E-state index in [2.05, 4.69) is 10.6 Å². The Balaban J connectivity index is 3.80. The van der Waals surface area contributed by atoms with Crippen LogP contribution in [0.1, 0.15) is 33.6 Å². The summed E-state index contributed by atoms with van der Waals surface area (Å²) >= 11 is 0. The first-order valence-corrected chi connectivity index (χ1v) is 6.33. The summed E-state index contributed by atoms with van der Waals surface area (Å²) in [5.41, 5.74) is 2.34. The van der Waals surface area contributed by atoms with Crippen molar-refractivity contribution in [2.75, 3.05) is 6.61 Å². The molecule has 2 N–H and O–H groups in total. The van der Waals surface area contributed by atoms with Gasteiger partial charge in [-0.25, -0.2) is 4.57 Å². The van der Waals surface area contributed by atoms with Gasteiger partial charge in [-0.15, -0.1) is 0 Å². The second-order valence-corrected chi connectivity index (χ2v) is 4.90. The van der Waals surface area contributed by atoms with Gasteiger partial charge in [0.25, 0.3) is 0 Å². The normalized spacial score (nSPS) is 12.7. The van der Waals surface area contributed by atoms with Crippen LogP contribution < -0.4 is 0 Å². The van der Waals surface area contributed by atoms with E-state index >= 15 is 0 Å². The van der Waals surface area contributed by atoms with Gasteiger partial charge in [0.2, 0.25) is 0 Å². The molecule has 0 radical (unpaired) electrons. The number of allylic oxidation sites excluding steroid dienone is 3. The summed E-state index contributed by atoms with van der Waals surface area (Å²) in [5.74, 6) is 0. The standard InChI is InChI=1S/C10H19O4P/c1-9(2)5-4-6-10(3)7-8-14-15(11,12)13/h5,7H,4,6,8H2,1-3H3,(H2,11,12,13). The molecule has 0 aromatic carbocycles. The number of phosphoric acid groups is 1. The number of phosphoric ester groups is 1. The van der Waals surface area contributed by atoms with E-state index < -0.39 is 7.82 Å². The largest absolute Gasteiger partial charge is 0.469 e. The maximum absolute atomic E-state index is 10.3. The molecule has 0 aromatic heterocycles. The highest BCUT2D eigenvalue weighted by molar-refractivity contribution is 7.46. The van der Waals surface area contributed by atoms with Gasteiger partial charge >= 0.3 is 7.82 Å². The van der Waals surface area contributed by atoms with Crippen LogP contribution in [0.2, 0.25) is 0 Å². The molecule has 0 amide bonds. The van der Waals surface area contributed by atoms with Crippen LogP contribution in [0.3, 0.4) is 0 Å². The smallest absolute Gasteiger partial charge is 0.303 e. The van der Waals surface area contributed by atoms with Crippen molar-refractivity contribution >= 4 is 7.82 Å². The summed E-state index contributed by atoms with van der Waals surface area (Å²) in [6.45, 7) is 5.96. The molecule has 15 heavy (non-hydrogen) atoms. The molecule has 0 heterocycles. The van der Waals surface area contributed by atoms with Crippen molar-refractivity contribution in [3.8, 4) is 0 Å². The van der Waals surface area contributed by atoms with E-state index in [4.69, 9.17) is 9.79 Å².